The summed E-state index contributed by atoms with van der Waals surface area (Å²) in [4.78, 5) is 14.3. The molecule has 0 aliphatic carbocycles. The Kier molecular flexibility index (Phi) is 2.78. The van der Waals surface area contributed by atoms with Gasteiger partial charge in [-0.25, -0.2) is 4.98 Å². The van der Waals surface area contributed by atoms with Crippen LogP contribution in [-0.4, -0.2) is 10.1 Å². The van der Waals surface area contributed by atoms with Gasteiger partial charge in [0.2, 0.25) is 0 Å². The van der Waals surface area contributed by atoms with Crippen LogP contribution in [-0.2, 0) is 6.61 Å². The SMILES string of the molecule is Cc1nc(CO)c(-c2ccc(N=O)cc2)o1. The Morgan fingerprint density at radius 1 is 1.38 bits per heavy atom. The topological polar surface area (TPSA) is 75.7 Å². The van der Waals surface area contributed by atoms with E-state index in [0.717, 1.165) is 5.56 Å². The molecule has 0 saturated heterocycles. The van der Waals surface area contributed by atoms with Gasteiger partial charge in [0.25, 0.3) is 0 Å². The number of aliphatic hydroxyl groups excluding tert-OH is 1. The molecule has 16 heavy (non-hydrogen) atoms. The summed E-state index contributed by atoms with van der Waals surface area (Å²) >= 11 is 0. The van der Waals surface area contributed by atoms with E-state index in [1.54, 1.807) is 31.2 Å². The zero-order chi connectivity index (χ0) is 11.5. The van der Waals surface area contributed by atoms with E-state index in [-0.39, 0.29) is 6.61 Å². The smallest absolute Gasteiger partial charge is 0.192 e. The minimum absolute atomic E-state index is 0.180. The van der Waals surface area contributed by atoms with Gasteiger partial charge in [0.15, 0.2) is 11.7 Å². The molecule has 1 heterocycles. The van der Waals surface area contributed by atoms with Crippen molar-refractivity contribution in [2.24, 2.45) is 5.18 Å². The summed E-state index contributed by atoms with van der Waals surface area (Å²) in [6, 6.07) is 6.58. The summed E-state index contributed by atoms with van der Waals surface area (Å²) in [5.41, 5.74) is 1.60. The molecular weight excluding hydrogens is 208 g/mol. The Balaban J connectivity index is 2.45. The van der Waals surface area contributed by atoms with Crippen molar-refractivity contribution < 1.29 is 9.52 Å². The largest absolute Gasteiger partial charge is 0.441 e. The molecule has 0 radical (unpaired) electrons. The van der Waals surface area contributed by atoms with Gasteiger partial charge in [-0.2, -0.15) is 0 Å². The second-order valence-corrected chi connectivity index (χ2v) is 3.30. The van der Waals surface area contributed by atoms with Crippen molar-refractivity contribution >= 4 is 5.69 Å². The lowest BCUT2D eigenvalue weighted by Crippen LogP contribution is -1.86. The van der Waals surface area contributed by atoms with Gasteiger partial charge in [-0.1, -0.05) is 0 Å². The first-order valence-electron chi connectivity index (χ1n) is 4.75. The van der Waals surface area contributed by atoms with Crippen LogP contribution >= 0.6 is 0 Å². The van der Waals surface area contributed by atoms with E-state index in [4.69, 9.17) is 9.52 Å². The van der Waals surface area contributed by atoms with Crippen molar-refractivity contribution in [1.82, 2.24) is 4.98 Å². The van der Waals surface area contributed by atoms with Crippen molar-refractivity contribution in [1.29, 1.82) is 0 Å². The average molecular weight is 218 g/mol. The number of hydrogen-bond acceptors (Lipinski definition) is 5. The van der Waals surface area contributed by atoms with Gasteiger partial charge in [-0.05, 0) is 29.4 Å². The quantitative estimate of drug-likeness (QED) is 0.803. The molecule has 0 atom stereocenters. The second-order valence-electron chi connectivity index (χ2n) is 3.30. The van der Waals surface area contributed by atoms with E-state index in [2.05, 4.69) is 10.2 Å². The molecule has 2 rings (SSSR count). The molecule has 0 aliphatic rings. The minimum atomic E-state index is -0.180. The molecule has 0 unspecified atom stereocenters. The standard InChI is InChI=1S/C11H10N2O3/c1-7-12-10(6-14)11(16-7)8-2-4-9(13-15)5-3-8/h2-5,14H,6H2,1H3. The molecule has 5 heteroatoms. The van der Waals surface area contributed by atoms with Crippen LogP contribution in [0.2, 0.25) is 0 Å². The Morgan fingerprint density at radius 2 is 2.06 bits per heavy atom. The highest BCUT2D eigenvalue weighted by molar-refractivity contribution is 5.62. The van der Waals surface area contributed by atoms with Crippen molar-refractivity contribution in [2.75, 3.05) is 0 Å². The third-order valence-corrected chi connectivity index (χ3v) is 2.19. The van der Waals surface area contributed by atoms with E-state index < -0.39 is 0 Å². The molecule has 0 amide bonds. The summed E-state index contributed by atoms with van der Waals surface area (Å²) in [5.74, 6) is 1.02. The Bertz CT molecular complexity index is 502. The molecule has 0 spiro atoms. The van der Waals surface area contributed by atoms with Gasteiger partial charge < -0.3 is 9.52 Å². The summed E-state index contributed by atoms with van der Waals surface area (Å²) < 4.78 is 5.39. The second kappa shape index (κ2) is 4.24. The number of hydrogen-bond donors (Lipinski definition) is 1. The molecule has 5 nitrogen and oxygen atoms in total. The fourth-order valence-corrected chi connectivity index (χ4v) is 1.48. The number of aryl methyl sites for hydroxylation is 1. The number of nitrogens with zero attached hydrogens (tertiary/aromatic N) is 2. The number of rotatable bonds is 3. The maximum Gasteiger partial charge on any atom is 0.192 e. The van der Waals surface area contributed by atoms with Crippen LogP contribution in [0, 0.1) is 11.8 Å². The molecule has 1 N–H and O–H groups in total. The zero-order valence-electron chi connectivity index (χ0n) is 8.67. The first kappa shape index (κ1) is 10.5. The van der Waals surface area contributed by atoms with Gasteiger partial charge in [-0.3, -0.25) is 0 Å². The number of oxazole rings is 1. The lowest BCUT2D eigenvalue weighted by atomic mass is 10.1. The molecule has 1 aromatic heterocycles. The van der Waals surface area contributed by atoms with Gasteiger partial charge in [0.05, 0.1) is 6.61 Å². The maximum absolute atomic E-state index is 10.3. The number of nitroso groups, excluding NO2 is 1. The first-order chi connectivity index (χ1) is 7.74. The van der Waals surface area contributed by atoms with E-state index in [0.29, 0.717) is 23.0 Å². The highest BCUT2D eigenvalue weighted by Gasteiger charge is 2.12. The minimum Gasteiger partial charge on any atom is -0.441 e. The third kappa shape index (κ3) is 1.85. The van der Waals surface area contributed by atoms with E-state index in [9.17, 15) is 4.91 Å². The van der Waals surface area contributed by atoms with Crippen molar-refractivity contribution in [3.63, 3.8) is 0 Å². The van der Waals surface area contributed by atoms with Crippen molar-refractivity contribution in [3.8, 4) is 11.3 Å². The van der Waals surface area contributed by atoms with Gasteiger partial charge >= 0.3 is 0 Å². The fraction of sp³-hybridized carbons (Fsp3) is 0.182. The number of benzene rings is 1. The Morgan fingerprint density at radius 3 is 2.62 bits per heavy atom. The van der Waals surface area contributed by atoms with Crippen LogP contribution < -0.4 is 0 Å². The molecule has 1 aromatic carbocycles. The van der Waals surface area contributed by atoms with Crippen molar-refractivity contribution in [3.05, 3.63) is 40.8 Å². The Hall–Kier alpha value is -2.01. The first-order valence-corrected chi connectivity index (χ1v) is 4.75. The normalized spacial score (nSPS) is 10.4. The van der Waals surface area contributed by atoms with Crippen LogP contribution in [0.4, 0.5) is 5.69 Å². The molecular formula is C11H10N2O3. The summed E-state index contributed by atoms with van der Waals surface area (Å²) in [6.45, 7) is 1.53. The van der Waals surface area contributed by atoms with E-state index in [1.807, 2.05) is 0 Å². The highest BCUT2D eigenvalue weighted by Crippen LogP contribution is 2.26. The highest BCUT2D eigenvalue weighted by atomic mass is 16.4. The summed E-state index contributed by atoms with van der Waals surface area (Å²) in [5, 5.41) is 11.9. The van der Waals surface area contributed by atoms with Crippen LogP contribution in [0.5, 0.6) is 0 Å². The van der Waals surface area contributed by atoms with Crippen LogP contribution in [0.3, 0.4) is 0 Å². The molecule has 0 aliphatic heterocycles. The van der Waals surface area contributed by atoms with Crippen LogP contribution in [0.25, 0.3) is 11.3 Å². The number of aromatic nitrogens is 1. The van der Waals surface area contributed by atoms with E-state index >= 15 is 0 Å². The lowest BCUT2D eigenvalue weighted by Gasteiger charge is -1.98. The predicted octanol–water partition coefficient (Wildman–Crippen LogP) is 2.54. The van der Waals surface area contributed by atoms with Crippen LogP contribution in [0.1, 0.15) is 11.6 Å². The fourth-order valence-electron chi connectivity index (χ4n) is 1.48. The van der Waals surface area contributed by atoms with Gasteiger partial charge in [0, 0.05) is 12.5 Å². The maximum atomic E-state index is 10.3. The molecule has 0 saturated carbocycles. The van der Waals surface area contributed by atoms with Crippen molar-refractivity contribution in [2.45, 2.75) is 13.5 Å². The third-order valence-electron chi connectivity index (χ3n) is 2.19. The number of aliphatic hydroxyl groups is 1. The predicted molar refractivity (Wildman–Crippen MR) is 58.1 cm³/mol. The Labute approximate surface area is 91.7 Å². The summed E-state index contributed by atoms with van der Waals surface area (Å²) in [6.07, 6.45) is 0. The molecule has 0 bridgehead atoms. The zero-order valence-corrected chi connectivity index (χ0v) is 8.67. The average Bonchev–Trinajstić information content (AvgIpc) is 2.70. The van der Waals surface area contributed by atoms with E-state index in [1.165, 1.54) is 0 Å². The molecule has 2 aromatic rings. The van der Waals surface area contributed by atoms with Crippen LogP contribution in [0.15, 0.2) is 33.9 Å². The lowest BCUT2D eigenvalue weighted by molar-refractivity contribution is 0.277. The molecule has 0 fully saturated rings. The molecule has 82 valence electrons. The van der Waals surface area contributed by atoms with Gasteiger partial charge in [-0.15, -0.1) is 4.91 Å². The van der Waals surface area contributed by atoms with Gasteiger partial charge in [0.1, 0.15) is 11.4 Å². The summed E-state index contributed by atoms with van der Waals surface area (Å²) in [7, 11) is 0. The monoisotopic (exact) mass is 218 g/mol.